The fourth-order valence-electron chi connectivity index (χ4n) is 10.2. The van der Waals surface area contributed by atoms with Gasteiger partial charge in [0.1, 0.15) is 11.5 Å². The molecule has 4 aromatic carbocycles. The Bertz CT molecular complexity index is 2600. The van der Waals surface area contributed by atoms with Crippen molar-refractivity contribution < 1.29 is 19.1 Å². The molecule has 0 N–H and O–H groups in total. The number of nitrogens with zero attached hydrogens (tertiary/aromatic N) is 6. The third-order valence-corrected chi connectivity index (χ3v) is 13.4. The summed E-state index contributed by atoms with van der Waals surface area (Å²) in [4.78, 5) is 39.7. The summed E-state index contributed by atoms with van der Waals surface area (Å²) in [6.07, 6.45) is 19.5. The van der Waals surface area contributed by atoms with Crippen molar-refractivity contribution in [2.24, 2.45) is 0 Å². The van der Waals surface area contributed by atoms with Gasteiger partial charge in [0.15, 0.2) is 0 Å². The molecule has 2 aliphatic carbocycles. The molecule has 2 fully saturated rings. The highest BCUT2D eigenvalue weighted by molar-refractivity contribution is 5.99. The molecule has 4 heterocycles. The molecular weight excluding hydrogens is 797 g/mol. The Kier molecular flexibility index (Phi) is 12.1. The zero-order valence-corrected chi connectivity index (χ0v) is 37.9. The molecule has 328 valence electrons. The van der Waals surface area contributed by atoms with Crippen LogP contribution in [0.25, 0.3) is 23.5 Å². The SMILES string of the molecule is COc1ccc2c(c1)CC[C@@H]2N1CCC/C(=C\c2ccc(-n3cnc(C)c3)c(C)c2)C1=O.COc1ccc2c(c1)CC[C@H]2N1CCC/C(=C\c2ccc(-n3cnc(C)c3)c(C)c2)C1=O. The molecule has 10 rings (SSSR count). The van der Waals surface area contributed by atoms with E-state index in [0.717, 1.165) is 132 Å². The van der Waals surface area contributed by atoms with Crippen LogP contribution in [0.1, 0.15) is 107 Å². The number of piperidine rings is 2. The van der Waals surface area contributed by atoms with Gasteiger partial charge in [-0.25, -0.2) is 9.97 Å². The maximum absolute atomic E-state index is 13.4. The quantitative estimate of drug-likeness (QED) is 0.142. The van der Waals surface area contributed by atoms with Crippen LogP contribution in [-0.2, 0) is 22.4 Å². The number of amides is 2. The van der Waals surface area contributed by atoms with Crippen LogP contribution < -0.4 is 9.47 Å². The van der Waals surface area contributed by atoms with E-state index in [4.69, 9.17) is 9.47 Å². The molecule has 10 nitrogen and oxygen atoms in total. The number of aryl methyl sites for hydroxylation is 6. The number of hydrogen-bond donors (Lipinski definition) is 0. The van der Waals surface area contributed by atoms with Crippen LogP contribution in [0.3, 0.4) is 0 Å². The van der Waals surface area contributed by atoms with Crippen molar-refractivity contribution in [2.45, 2.75) is 91.1 Å². The van der Waals surface area contributed by atoms with Crippen molar-refractivity contribution in [1.29, 1.82) is 0 Å². The lowest BCUT2D eigenvalue weighted by Crippen LogP contribution is -2.39. The molecule has 0 unspecified atom stereocenters. The first-order chi connectivity index (χ1) is 31.1. The van der Waals surface area contributed by atoms with Crippen molar-refractivity contribution in [3.8, 4) is 22.9 Å². The van der Waals surface area contributed by atoms with E-state index in [1.165, 1.54) is 22.3 Å². The normalized spacial score (nSPS) is 19.5. The molecule has 2 saturated heterocycles. The second kappa shape index (κ2) is 18.2. The summed E-state index contributed by atoms with van der Waals surface area (Å²) in [7, 11) is 3.40. The standard InChI is InChI=1S/2C27H29N3O2/c2*1-18-13-20(6-10-25(18)29-16-19(2)28-17-29)14-22-5-4-12-30(27(22)31)26-11-7-21-15-23(32-3)8-9-24(21)26/h2*6,8-10,13-17,26H,4-5,7,11-12H2,1-3H3/b2*22-14+/t2*26-/m10/s1. The minimum atomic E-state index is 0.167. The van der Waals surface area contributed by atoms with Gasteiger partial charge in [0.25, 0.3) is 0 Å². The minimum absolute atomic E-state index is 0.167. The summed E-state index contributed by atoms with van der Waals surface area (Å²) in [5, 5.41) is 0. The lowest BCUT2D eigenvalue weighted by atomic mass is 9.97. The number of aromatic nitrogens is 4. The molecule has 0 saturated carbocycles. The fourth-order valence-corrected chi connectivity index (χ4v) is 10.2. The van der Waals surface area contributed by atoms with E-state index in [1.54, 1.807) is 14.2 Å². The van der Waals surface area contributed by atoms with Gasteiger partial charge in [-0.05, 0) is 184 Å². The van der Waals surface area contributed by atoms with Crippen LogP contribution in [0.15, 0.2) is 109 Å². The average molecular weight is 855 g/mol. The Balaban J connectivity index is 0.000000162. The van der Waals surface area contributed by atoms with Gasteiger partial charge in [-0.3, -0.25) is 9.59 Å². The zero-order valence-electron chi connectivity index (χ0n) is 37.9. The van der Waals surface area contributed by atoms with Crippen LogP contribution >= 0.6 is 0 Å². The van der Waals surface area contributed by atoms with Crippen molar-refractivity contribution in [1.82, 2.24) is 28.9 Å². The molecule has 2 amide bonds. The van der Waals surface area contributed by atoms with E-state index >= 15 is 0 Å². The van der Waals surface area contributed by atoms with Crippen LogP contribution in [-0.4, -0.2) is 68.0 Å². The first-order valence-corrected chi connectivity index (χ1v) is 22.7. The number of methoxy groups -OCH3 is 2. The molecule has 4 aliphatic rings. The van der Waals surface area contributed by atoms with E-state index in [0.29, 0.717) is 0 Å². The van der Waals surface area contributed by atoms with E-state index in [2.05, 4.69) is 106 Å². The van der Waals surface area contributed by atoms with E-state index in [1.807, 2.05) is 60.2 Å². The number of likely N-dealkylation sites (tertiary alicyclic amines) is 2. The molecule has 0 spiro atoms. The van der Waals surface area contributed by atoms with Gasteiger partial charge in [-0.15, -0.1) is 0 Å². The first kappa shape index (κ1) is 42.6. The number of ether oxygens (including phenoxy) is 2. The average Bonchev–Trinajstić information content (AvgIpc) is 4.12. The van der Waals surface area contributed by atoms with E-state index in [-0.39, 0.29) is 23.9 Å². The Morgan fingerprint density at radius 3 is 1.38 bits per heavy atom. The largest absolute Gasteiger partial charge is 0.497 e. The number of rotatable bonds is 8. The van der Waals surface area contributed by atoms with Gasteiger partial charge in [0.05, 0.1) is 50.3 Å². The van der Waals surface area contributed by atoms with Gasteiger partial charge in [-0.1, -0.05) is 24.3 Å². The Labute approximate surface area is 376 Å². The summed E-state index contributed by atoms with van der Waals surface area (Å²) in [5.74, 6) is 2.13. The lowest BCUT2D eigenvalue weighted by Gasteiger charge is -2.34. The zero-order chi connectivity index (χ0) is 44.5. The number of carbonyl (C=O) groups is 2. The predicted molar refractivity (Wildman–Crippen MR) is 252 cm³/mol. The molecule has 2 aliphatic heterocycles. The van der Waals surface area contributed by atoms with Crippen LogP contribution in [0.5, 0.6) is 11.5 Å². The summed E-state index contributed by atoms with van der Waals surface area (Å²) in [5.41, 5.74) is 15.7. The topological polar surface area (TPSA) is 94.7 Å². The Hall–Kier alpha value is -6.68. The van der Waals surface area contributed by atoms with Crippen molar-refractivity contribution in [2.75, 3.05) is 27.3 Å². The number of hydrogen-bond acceptors (Lipinski definition) is 6. The highest BCUT2D eigenvalue weighted by Crippen LogP contribution is 2.41. The van der Waals surface area contributed by atoms with Crippen LogP contribution in [0, 0.1) is 27.7 Å². The van der Waals surface area contributed by atoms with Gasteiger partial charge in [-0.2, -0.15) is 0 Å². The smallest absolute Gasteiger partial charge is 0.250 e. The monoisotopic (exact) mass is 854 g/mol. The second-order valence-corrected chi connectivity index (χ2v) is 17.7. The van der Waals surface area contributed by atoms with Gasteiger partial charge >= 0.3 is 0 Å². The van der Waals surface area contributed by atoms with Gasteiger partial charge in [0, 0.05) is 48.0 Å². The van der Waals surface area contributed by atoms with Crippen LogP contribution in [0.4, 0.5) is 0 Å². The summed E-state index contributed by atoms with van der Waals surface area (Å²) in [6.45, 7) is 9.83. The van der Waals surface area contributed by atoms with E-state index < -0.39 is 0 Å². The number of fused-ring (bicyclic) bond motifs is 2. The third kappa shape index (κ3) is 8.66. The van der Waals surface area contributed by atoms with Crippen molar-refractivity contribution >= 4 is 24.0 Å². The summed E-state index contributed by atoms with van der Waals surface area (Å²) >= 11 is 0. The maximum Gasteiger partial charge on any atom is 0.250 e. The fraction of sp³-hybridized carbons (Fsp3) is 0.333. The van der Waals surface area contributed by atoms with Crippen molar-refractivity contribution in [3.05, 3.63) is 165 Å². The Morgan fingerprint density at radius 1 is 0.562 bits per heavy atom. The maximum atomic E-state index is 13.4. The number of benzene rings is 4. The number of carbonyl (C=O) groups excluding carboxylic acids is 2. The molecule has 0 radical (unpaired) electrons. The van der Waals surface area contributed by atoms with Crippen LogP contribution in [0.2, 0.25) is 0 Å². The molecule has 10 heteroatoms. The summed E-state index contributed by atoms with van der Waals surface area (Å²) in [6, 6.07) is 25.6. The third-order valence-electron chi connectivity index (χ3n) is 13.4. The lowest BCUT2D eigenvalue weighted by molar-refractivity contribution is -0.131. The molecule has 2 atom stereocenters. The Morgan fingerprint density at radius 2 is 1.00 bits per heavy atom. The van der Waals surface area contributed by atoms with Gasteiger partial charge in [0.2, 0.25) is 11.8 Å². The minimum Gasteiger partial charge on any atom is -0.497 e. The first-order valence-electron chi connectivity index (χ1n) is 22.7. The molecular formula is C54H58N6O4. The highest BCUT2D eigenvalue weighted by atomic mass is 16.5. The molecule has 0 bridgehead atoms. The van der Waals surface area contributed by atoms with E-state index in [9.17, 15) is 9.59 Å². The molecule has 64 heavy (non-hydrogen) atoms. The molecule has 2 aromatic heterocycles. The number of imidazole rings is 2. The van der Waals surface area contributed by atoms with Crippen molar-refractivity contribution in [3.63, 3.8) is 0 Å². The second-order valence-electron chi connectivity index (χ2n) is 17.7. The predicted octanol–water partition coefficient (Wildman–Crippen LogP) is 10.4. The van der Waals surface area contributed by atoms with Gasteiger partial charge < -0.3 is 28.4 Å². The highest BCUT2D eigenvalue weighted by Gasteiger charge is 2.36. The summed E-state index contributed by atoms with van der Waals surface area (Å²) < 4.78 is 14.8. The molecule has 6 aromatic rings.